The van der Waals surface area contributed by atoms with Gasteiger partial charge in [0.15, 0.2) is 0 Å². The van der Waals surface area contributed by atoms with Crippen LogP contribution in [0.1, 0.15) is 18.4 Å². The molecule has 0 aliphatic carbocycles. The molecule has 1 aliphatic rings. The maximum atomic E-state index is 5.58. The summed E-state index contributed by atoms with van der Waals surface area (Å²) < 4.78 is 7.52. The van der Waals surface area contributed by atoms with Gasteiger partial charge in [0.05, 0.1) is 18.0 Å². The molecule has 1 fully saturated rings. The Balaban J connectivity index is 1.54. The second-order valence-corrected chi connectivity index (χ2v) is 6.74. The number of aromatic nitrogens is 3. The summed E-state index contributed by atoms with van der Waals surface area (Å²) in [6.45, 7) is 3.54. The summed E-state index contributed by atoms with van der Waals surface area (Å²) in [4.78, 5) is 4.25. The van der Waals surface area contributed by atoms with E-state index >= 15 is 0 Å². The Kier molecular flexibility index (Phi) is 5.38. The van der Waals surface area contributed by atoms with E-state index in [1.54, 1.807) is 6.20 Å². The Labute approximate surface area is 154 Å². The summed E-state index contributed by atoms with van der Waals surface area (Å²) in [6, 6.07) is 14.2. The number of nitrogens with one attached hydrogen (secondary N) is 1. The Hall–Kier alpha value is -2.50. The molecule has 1 aliphatic heterocycles. The van der Waals surface area contributed by atoms with E-state index in [9.17, 15) is 0 Å². The standard InChI is InChI=1S/C21H24N4O/c1-2-8-20(9-3-1)25-15-19(14-23-12-17-6-5-11-26-16-17)21(24-25)18-7-4-10-22-13-18/h1-4,7-10,13,15,17,23H,5-6,11-12,14,16H2. The van der Waals surface area contributed by atoms with Crippen LogP contribution in [0, 0.1) is 5.92 Å². The van der Waals surface area contributed by atoms with Crippen molar-refractivity contribution < 1.29 is 4.74 Å². The summed E-state index contributed by atoms with van der Waals surface area (Å²) in [7, 11) is 0. The van der Waals surface area contributed by atoms with Gasteiger partial charge in [-0.1, -0.05) is 18.2 Å². The molecule has 5 heteroatoms. The van der Waals surface area contributed by atoms with Crippen molar-refractivity contribution in [3.05, 3.63) is 66.6 Å². The largest absolute Gasteiger partial charge is 0.381 e. The molecule has 1 unspecified atom stereocenters. The summed E-state index contributed by atoms with van der Waals surface area (Å²) in [6.07, 6.45) is 8.18. The van der Waals surface area contributed by atoms with E-state index < -0.39 is 0 Å². The van der Waals surface area contributed by atoms with Gasteiger partial charge in [-0.2, -0.15) is 5.10 Å². The lowest BCUT2D eigenvalue weighted by Crippen LogP contribution is -2.28. The van der Waals surface area contributed by atoms with Crippen LogP contribution in [0.15, 0.2) is 61.1 Å². The minimum absolute atomic E-state index is 0.606. The molecule has 134 valence electrons. The van der Waals surface area contributed by atoms with E-state index in [1.165, 1.54) is 18.4 Å². The van der Waals surface area contributed by atoms with Gasteiger partial charge < -0.3 is 10.1 Å². The van der Waals surface area contributed by atoms with Crippen molar-refractivity contribution in [1.82, 2.24) is 20.1 Å². The third-order valence-electron chi connectivity index (χ3n) is 4.75. The second kappa shape index (κ2) is 8.25. The molecule has 0 radical (unpaired) electrons. The third-order valence-corrected chi connectivity index (χ3v) is 4.75. The topological polar surface area (TPSA) is 52.0 Å². The lowest BCUT2D eigenvalue weighted by Gasteiger charge is -2.22. The van der Waals surface area contributed by atoms with Gasteiger partial charge in [0, 0.05) is 49.4 Å². The van der Waals surface area contributed by atoms with Crippen LogP contribution in [0.4, 0.5) is 0 Å². The van der Waals surface area contributed by atoms with E-state index in [0.717, 1.165) is 43.2 Å². The monoisotopic (exact) mass is 348 g/mol. The predicted molar refractivity (Wildman–Crippen MR) is 102 cm³/mol. The van der Waals surface area contributed by atoms with Crippen LogP contribution in [0.25, 0.3) is 16.9 Å². The number of benzene rings is 1. The molecule has 0 spiro atoms. The number of rotatable bonds is 6. The van der Waals surface area contributed by atoms with Crippen LogP contribution in [-0.4, -0.2) is 34.5 Å². The van der Waals surface area contributed by atoms with Crippen LogP contribution >= 0.6 is 0 Å². The molecular formula is C21H24N4O. The van der Waals surface area contributed by atoms with Crippen LogP contribution in [0.3, 0.4) is 0 Å². The molecule has 3 aromatic rings. The minimum atomic E-state index is 0.606. The van der Waals surface area contributed by atoms with E-state index in [2.05, 4.69) is 34.7 Å². The molecular weight excluding hydrogens is 324 g/mol. The van der Waals surface area contributed by atoms with Crippen molar-refractivity contribution in [2.24, 2.45) is 5.92 Å². The van der Waals surface area contributed by atoms with Gasteiger partial charge in [-0.25, -0.2) is 4.68 Å². The second-order valence-electron chi connectivity index (χ2n) is 6.74. The zero-order valence-corrected chi connectivity index (χ0v) is 14.8. The molecule has 1 N–H and O–H groups in total. The number of hydrogen-bond acceptors (Lipinski definition) is 4. The summed E-state index contributed by atoms with van der Waals surface area (Å²) in [5.41, 5.74) is 4.26. The predicted octanol–water partition coefficient (Wildman–Crippen LogP) is 3.45. The normalized spacial score (nSPS) is 17.3. The van der Waals surface area contributed by atoms with E-state index in [-0.39, 0.29) is 0 Å². The first-order chi connectivity index (χ1) is 12.9. The smallest absolute Gasteiger partial charge is 0.0988 e. The first kappa shape index (κ1) is 16.9. The Morgan fingerprint density at radius 1 is 1.15 bits per heavy atom. The minimum Gasteiger partial charge on any atom is -0.381 e. The molecule has 0 saturated carbocycles. The van der Waals surface area contributed by atoms with Gasteiger partial charge in [-0.05, 0) is 43.0 Å². The van der Waals surface area contributed by atoms with E-state index in [0.29, 0.717) is 5.92 Å². The van der Waals surface area contributed by atoms with Crippen LogP contribution < -0.4 is 5.32 Å². The highest BCUT2D eigenvalue weighted by atomic mass is 16.5. The fourth-order valence-corrected chi connectivity index (χ4v) is 3.38. The molecule has 1 saturated heterocycles. The maximum Gasteiger partial charge on any atom is 0.0988 e. The lowest BCUT2D eigenvalue weighted by molar-refractivity contribution is 0.0547. The van der Waals surface area contributed by atoms with Crippen LogP contribution in [-0.2, 0) is 11.3 Å². The molecule has 1 aromatic carbocycles. The van der Waals surface area contributed by atoms with Gasteiger partial charge in [-0.3, -0.25) is 4.98 Å². The molecule has 0 amide bonds. The first-order valence-electron chi connectivity index (χ1n) is 9.23. The fraction of sp³-hybridized carbons (Fsp3) is 0.333. The van der Waals surface area contributed by atoms with Crippen molar-refractivity contribution in [2.75, 3.05) is 19.8 Å². The molecule has 4 rings (SSSR count). The third kappa shape index (κ3) is 4.00. The SMILES string of the molecule is c1ccc(-n2cc(CNCC3CCCOC3)c(-c3cccnc3)n2)cc1. The van der Waals surface area contributed by atoms with Crippen molar-refractivity contribution in [3.8, 4) is 16.9 Å². The zero-order valence-electron chi connectivity index (χ0n) is 14.8. The highest BCUT2D eigenvalue weighted by molar-refractivity contribution is 5.62. The first-order valence-corrected chi connectivity index (χ1v) is 9.23. The fourth-order valence-electron chi connectivity index (χ4n) is 3.38. The van der Waals surface area contributed by atoms with Crippen LogP contribution in [0.2, 0.25) is 0 Å². The molecule has 0 bridgehead atoms. The Morgan fingerprint density at radius 2 is 2.08 bits per heavy atom. The molecule has 1 atom stereocenters. The molecule has 5 nitrogen and oxygen atoms in total. The van der Waals surface area contributed by atoms with Gasteiger partial charge in [0.25, 0.3) is 0 Å². The number of para-hydroxylation sites is 1. The molecule has 26 heavy (non-hydrogen) atoms. The van der Waals surface area contributed by atoms with Gasteiger partial charge in [0.1, 0.15) is 0 Å². The maximum absolute atomic E-state index is 5.58. The number of hydrogen-bond donors (Lipinski definition) is 1. The Bertz CT molecular complexity index is 811. The molecule has 3 heterocycles. The Morgan fingerprint density at radius 3 is 2.85 bits per heavy atom. The van der Waals surface area contributed by atoms with Gasteiger partial charge in [-0.15, -0.1) is 0 Å². The van der Waals surface area contributed by atoms with Crippen LogP contribution in [0.5, 0.6) is 0 Å². The van der Waals surface area contributed by atoms with Crippen molar-refractivity contribution in [2.45, 2.75) is 19.4 Å². The quantitative estimate of drug-likeness (QED) is 0.741. The van der Waals surface area contributed by atoms with Gasteiger partial charge >= 0.3 is 0 Å². The summed E-state index contributed by atoms with van der Waals surface area (Å²) >= 11 is 0. The number of ether oxygens (including phenoxy) is 1. The van der Waals surface area contributed by atoms with Crippen molar-refractivity contribution in [1.29, 1.82) is 0 Å². The summed E-state index contributed by atoms with van der Waals surface area (Å²) in [5.74, 6) is 0.606. The van der Waals surface area contributed by atoms with E-state index in [4.69, 9.17) is 9.84 Å². The average Bonchev–Trinajstić information content (AvgIpc) is 3.14. The van der Waals surface area contributed by atoms with Crippen molar-refractivity contribution in [3.63, 3.8) is 0 Å². The number of pyridine rings is 1. The zero-order chi connectivity index (χ0) is 17.6. The van der Waals surface area contributed by atoms with E-state index in [1.807, 2.05) is 35.1 Å². The number of nitrogens with zero attached hydrogens (tertiary/aromatic N) is 3. The highest BCUT2D eigenvalue weighted by Gasteiger charge is 2.15. The highest BCUT2D eigenvalue weighted by Crippen LogP contribution is 2.23. The van der Waals surface area contributed by atoms with Crippen molar-refractivity contribution >= 4 is 0 Å². The van der Waals surface area contributed by atoms with Gasteiger partial charge in [0.2, 0.25) is 0 Å². The molecule has 2 aromatic heterocycles. The summed E-state index contributed by atoms with van der Waals surface area (Å²) in [5, 5.41) is 8.42. The lowest BCUT2D eigenvalue weighted by atomic mass is 10.0. The average molecular weight is 348 g/mol.